The van der Waals surface area contributed by atoms with Crippen LogP contribution in [0, 0.1) is 0 Å². The summed E-state index contributed by atoms with van der Waals surface area (Å²) in [6.07, 6.45) is 4.64. The number of rotatable bonds is 7. The second-order valence-corrected chi connectivity index (χ2v) is 5.21. The Morgan fingerprint density at radius 3 is 2.50 bits per heavy atom. The molecule has 1 fully saturated rings. The molecule has 18 heavy (non-hydrogen) atoms. The van der Waals surface area contributed by atoms with E-state index >= 15 is 0 Å². The van der Waals surface area contributed by atoms with Crippen molar-refractivity contribution >= 4 is 17.6 Å². The molecule has 1 atom stereocenters. The van der Waals surface area contributed by atoms with Crippen LogP contribution >= 0.6 is 11.6 Å². The van der Waals surface area contributed by atoms with E-state index < -0.39 is 11.6 Å². The second kappa shape index (κ2) is 5.72. The number of aliphatic carboxylic acids is 1. The lowest BCUT2D eigenvalue weighted by Gasteiger charge is -2.06. The first-order valence-electron chi connectivity index (χ1n) is 6.24. The number of carboxylic acids is 1. The van der Waals surface area contributed by atoms with Crippen LogP contribution in [0.3, 0.4) is 0 Å². The summed E-state index contributed by atoms with van der Waals surface area (Å²) in [4.78, 5) is 10.9. The first kappa shape index (κ1) is 13.4. The minimum Gasteiger partial charge on any atom is -0.479 e. The van der Waals surface area contributed by atoms with Crippen molar-refractivity contribution in [2.24, 2.45) is 0 Å². The van der Waals surface area contributed by atoms with Gasteiger partial charge in [-0.05, 0) is 43.4 Å². The molecule has 3 nitrogen and oxygen atoms in total. The van der Waals surface area contributed by atoms with E-state index in [-0.39, 0.29) is 0 Å². The van der Waals surface area contributed by atoms with Gasteiger partial charge in [-0.1, -0.05) is 30.2 Å². The lowest BCUT2D eigenvalue weighted by Crippen LogP contribution is -2.23. The SMILES string of the molecule is O=C(O)[C@]1(CCCCCc2ccc(Cl)cc2)CO1. The van der Waals surface area contributed by atoms with E-state index in [0.717, 1.165) is 30.7 Å². The van der Waals surface area contributed by atoms with Crippen molar-refractivity contribution in [3.63, 3.8) is 0 Å². The van der Waals surface area contributed by atoms with Crippen molar-refractivity contribution in [1.82, 2.24) is 0 Å². The van der Waals surface area contributed by atoms with E-state index in [0.29, 0.717) is 13.0 Å². The zero-order valence-corrected chi connectivity index (χ0v) is 10.9. The van der Waals surface area contributed by atoms with Gasteiger partial charge in [-0.3, -0.25) is 0 Å². The highest BCUT2D eigenvalue weighted by molar-refractivity contribution is 6.30. The van der Waals surface area contributed by atoms with Gasteiger partial charge in [0, 0.05) is 5.02 Å². The molecule has 1 heterocycles. The highest BCUT2D eigenvalue weighted by Gasteiger charge is 2.51. The fourth-order valence-electron chi connectivity index (χ4n) is 2.03. The number of epoxide rings is 1. The minimum atomic E-state index is -0.847. The zero-order chi connectivity index (χ0) is 13.0. The molecule has 2 rings (SSSR count). The van der Waals surface area contributed by atoms with E-state index in [1.807, 2.05) is 24.3 Å². The summed E-state index contributed by atoms with van der Waals surface area (Å²) in [7, 11) is 0. The van der Waals surface area contributed by atoms with E-state index in [4.69, 9.17) is 21.4 Å². The topological polar surface area (TPSA) is 49.8 Å². The molecule has 1 aromatic carbocycles. The van der Waals surface area contributed by atoms with Crippen LogP contribution in [0.15, 0.2) is 24.3 Å². The summed E-state index contributed by atoms with van der Waals surface area (Å²) < 4.78 is 5.02. The molecule has 0 amide bonds. The highest BCUT2D eigenvalue weighted by Crippen LogP contribution is 2.33. The normalized spacial score (nSPS) is 21.8. The molecule has 98 valence electrons. The summed E-state index contributed by atoms with van der Waals surface area (Å²) in [5, 5.41) is 9.68. The summed E-state index contributed by atoms with van der Waals surface area (Å²) >= 11 is 5.81. The molecule has 4 heteroatoms. The summed E-state index contributed by atoms with van der Waals surface area (Å²) in [5.41, 5.74) is 0.426. The minimum absolute atomic E-state index is 0.375. The zero-order valence-electron chi connectivity index (χ0n) is 10.2. The average molecular weight is 269 g/mol. The third-order valence-corrected chi connectivity index (χ3v) is 3.59. The third-order valence-electron chi connectivity index (χ3n) is 3.34. The van der Waals surface area contributed by atoms with Gasteiger partial charge in [-0.15, -0.1) is 0 Å². The molecular formula is C14H17ClO3. The number of aryl methyl sites for hydroxylation is 1. The van der Waals surface area contributed by atoms with Gasteiger partial charge >= 0.3 is 5.97 Å². The van der Waals surface area contributed by atoms with Crippen molar-refractivity contribution in [2.45, 2.75) is 37.7 Å². The van der Waals surface area contributed by atoms with Gasteiger partial charge in [-0.2, -0.15) is 0 Å². The van der Waals surface area contributed by atoms with Gasteiger partial charge in [0.1, 0.15) is 0 Å². The number of hydrogen-bond acceptors (Lipinski definition) is 2. The largest absolute Gasteiger partial charge is 0.479 e. The summed E-state index contributed by atoms with van der Waals surface area (Å²) in [5.74, 6) is -0.819. The molecule has 1 saturated heterocycles. The molecule has 0 bridgehead atoms. The van der Waals surface area contributed by atoms with Crippen molar-refractivity contribution in [3.8, 4) is 0 Å². The molecule has 1 N–H and O–H groups in total. The Morgan fingerprint density at radius 1 is 1.28 bits per heavy atom. The highest BCUT2D eigenvalue weighted by atomic mass is 35.5. The first-order valence-corrected chi connectivity index (χ1v) is 6.62. The van der Waals surface area contributed by atoms with E-state index in [1.54, 1.807) is 0 Å². The van der Waals surface area contributed by atoms with E-state index in [1.165, 1.54) is 5.56 Å². The molecule has 0 spiro atoms. The van der Waals surface area contributed by atoms with Gasteiger partial charge < -0.3 is 9.84 Å². The number of carbonyl (C=O) groups is 1. The van der Waals surface area contributed by atoms with Crippen LogP contribution in [0.5, 0.6) is 0 Å². The van der Waals surface area contributed by atoms with Gasteiger partial charge in [0.05, 0.1) is 6.61 Å². The molecule has 0 saturated carbocycles. The second-order valence-electron chi connectivity index (χ2n) is 4.78. The number of carboxylic acid groups (broad SMARTS) is 1. The fraction of sp³-hybridized carbons (Fsp3) is 0.500. The maximum atomic E-state index is 10.9. The Balaban J connectivity index is 1.62. The Morgan fingerprint density at radius 2 is 1.94 bits per heavy atom. The van der Waals surface area contributed by atoms with E-state index in [9.17, 15) is 4.79 Å². The van der Waals surface area contributed by atoms with Crippen molar-refractivity contribution < 1.29 is 14.6 Å². The molecule has 0 radical (unpaired) electrons. The van der Waals surface area contributed by atoms with Crippen LogP contribution in [0.1, 0.15) is 31.2 Å². The molecule has 0 aliphatic carbocycles. The Hall–Kier alpha value is -1.06. The van der Waals surface area contributed by atoms with Gasteiger partial charge in [-0.25, -0.2) is 4.79 Å². The molecule has 1 aliphatic heterocycles. The molecule has 0 unspecified atom stereocenters. The lowest BCUT2D eigenvalue weighted by atomic mass is 10.0. The van der Waals surface area contributed by atoms with Crippen LogP contribution < -0.4 is 0 Å². The predicted molar refractivity (Wildman–Crippen MR) is 69.9 cm³/mol. The summed E-state index contributed by atoms with van der Waals surface area (Å²) in [6.45, 7) is 0.375. The van der Waals surface area contributed by atoms with Crippen LogP contribution in [-0.4, -0.2) is 23.3 Å². The number of unbranched alkanes of at least 4 members (excludes halogenated alkanes) is 2. The Labute approximate surface area is 112 Å². The lowest BCUT2D eigenvalue weighted by molar-refractivity contribution is -0.143. The van der Waals surface area contributed by atoms with Crippen molar-refractivity contribution in [1.29, 1.82) is 0 Å². The van der Waals surface area contributed by atoms with Gasteiger partial charge in [0.15, 0.2) is 5.60 Å². The maximum absolute atomic E-state index is 10.9. The van der Waals surface area contributed by atoms with Crippen LogP contribution in [0.4, 0.5) is 0 Å². The third kappa shape index (κ3) is 3.47. The molecule has 1 aromatic rings. The van der Waals surface area contributed by atoms with Crippen LogP contribution in [-0.2, 0) is 16.0 Å². The first-order chi connectivity index (χ1) is 8.62. The Kier molecular flexibility index (Phi) is 4.25. The van der Waals surface area contributed by atoms with Gasteiger partial charge in [0.25, 0.3) is 0 Å². The molecule has 0 aromatic heterocycles. The maximum Gasteiger partial charge on any atom is 0.338 e. The number of halogens is 1. The van der Waals surface area contributed by atoms with E-state index in [2.05, 4.69) is 0 Å². The monoisotopic (exact) mass is 268 g/mol. The number of hydrogen-bond donors (Lipinski definition) is 1. The van der Waals surface area contributed by atoms with Crippen LogP contribution in [0.2, 0.25) is 5.02 Å². The molecular weight excluding hydrogens is 252 g/mol. The number of benzene rings is 1. The van der Waals surface area contributed by atoms with Crippen molar-refractivity contribution in [2.75, 3.05) is 6.61 Å². The van der Waals surface area contributed by atoms with Gasteiger partial charge in [0.2, 0.25) is 0 Å². The Bertz CT molecular complexity index is 410. The smallest absolute Gasteiger partial charge is 0.338 e. The average Bonchev–Trinajstić information content (AvgIpc) is 3.12. The fourth-order valence-corrected chi connectivity index (χ4v) is 2.16. The van der Waals surface area contributed by atoms with Crippen molar-refractivity contribution in [3.05, 3.63) is 34.9 Å². The summed E-state index contributed by atoms with van der Waals surface area (Å²) in [6, 6.07) is 7.86. The quantitative estimate of drug-likeness (QED) is 0.610. The van der Waals surface area contributed by atoms with Crippen LogP contribution in [0.25, 0.3) is 0 Å². The molecule has 1 aliphatic rings. The standard InChI is InChI=1S/C14H17ClO3/c15-12-7-5-11(6-8-12)4-2-1-3-9-14(10-18-14)13(16)17/h5-8H,1-4,9-10H2,(H,16,17)/t14-/m0/s1. The predicted octanol–water partition coefficient (Wildman–Crippen LogP) is 3.30. The number of ether oxygens (including phenoxy) is 1.